The number of hydrogen-bond acceptors (Lipinski definition) is 3. The number of ether oxygens (including phenoxy) is 1. The molecule has 0 saturated carbocycles. The largest absolute Gasteiger partial charge is 0.508 e. The summed E-state index contributed by atoms with van der Waals surface area (Å²) in [4.78, 5) is 2.17. The molecule has 3 nitrogen and oxygen atoms in total. The maximum Gasteiger partial charge on any atom is 0.119 e. The van der Waals surface area contributed by atoms with E-state index >= 15 is 0 Å². The fraction of sp³-hybridized carbons (Fsp3) is 0.368. The molecule has 1 atom stereocenters. The Balaban J connectivity index is 2.14. The summed E-state index contributed by atoms with van der Waals surface area (Å²) in [6.07, 6.45) is 1.07. The highest BCUT2D eigenvalue weighted by molar-refractivity contribution is 5.32. The van der Waals surface area contributed by atoms with Crippen LogP contribution in [0.15, 0.2) is 48.5 Å². The number of rotatable bonds is 6. The van der Waals surface area contributed by atoms with Gasteiger partial charge in [0.25, 0.3) is 0 Å². The molecule has 0 aliphatic carbocycles. The van der Waals surface area contributed by atoms with E-state index in [1.54, 1.807) is 6.07 Å². The van der Waals surface area contributed by atoms with Gasteiger partial charge in [0.05, 0.1) is 6.10 Å². The van der Waals surface area contributed by atoms with Crippen molar-refractivity contribution in [1.82, 2.24) is 4.90 Å². The van der Waals surface area contributed by atoms with Crippen molar-refractivity contribution in [3.05, 3.63) is 59.7 Å². The van der Waals surface area contributed by atoms with Crippen molar-refractivity contribution in [2.45, 2.75) is 32.4 Å². The monoisotopic (exact) mass is 299 g/mol. The molecule has 2 aromatic carbocycles. The maximum absolute atomic E-state index is 9.70. The van der Waals surface area contributed by atoms with Gasteiger partial charge in [0, 0.05) is 6.04 Å². The van der Waals surface area contributed by atoms with Crippen LogP contribution in [0.1, 0.15) is 31.0 Å². The van der Waals surface area contributed by atoms with E-state index in [1.165, 1.54) is 5.56 Å². The molecule has 3 heteroatoms. The molecule has 2 aromatic rings. The van der Waals surface area contributed by atoms with Crippen LogP contribution in [-0.4, -0.2) is 30.2 Å². The van der Waals surface area contributed by atoms with Crippen LogP contribution in [-0.2, 0) is 6.42 Å². The number of aromatic hydroxyl groups is 1. The Morgan fingerprint density at radius 1 is 1.05 bits per heavy atom. The third kappa shape index (κ3) is 4.50. The molecule has 118 valence electrons. The number of likely N-dealkylation sites (N-methyl/N-ethyl adjacent to an activating group) is 1. The smallest absolute Gasteiger partial charge is 0.119 e. The predicted molar refractivity (Wildman–Crippen MR) is 90.4 cm³/mol. The number of benzene rings is 2. The Labute approximate surface area is 133 Å². The Bertz CT molecular complexity index is 591. The lowest BCUT2D eigenvalue weighted by Crippen LogP contribution is -2.22. The molecule has 0 aromatic heterocycles. The summed E-state index contributed by atoms with van der Waals surface area (Å²) >= 11 is 0. The lowest BCUT2D eigenvalue weighted by Gasteiger charge is -2.25. The fourth-order valence-electron chi connectivity index (χ4n) is 2.53. The van der Waals surface area contributed by atoms with Crippen LogP contribution in [0.2, 0.25) is 0 Å². The molecule has 1 N–H and O–H groups in total. The third-order valence-electron chi connectivity index (χ3n) is 3.60. The second kappa shape index (κ2) is 7.32. The zero-order valence-electron chi connectivity index (χ0n) is 13.8. The minimum atomic E-state index is 0.188. The topological polar surface area (TPSA) is 32.7 Å². The SMILES string of the molecule is CC(C)Oc1ccc(CC(c2cccc(O)c2)N(C)C)cc1. The van der Waals surface area contributed by atoms with Gasteiger partial charge in [0.1, 0.15) is 11.5 Å². The second-order valence-corrected chi connectivity index (χ2v) is 6.09. The van der Waals surface area contributed by atoms with Crippen molar-refractivity contribution in [2.24, 2.45) is 0 Å². The molecule has 0 saturated heterocycles. The molecular weight excluding hydrogens is 274 g/mol. The van der Waals surface area contributed by atoms with E-state index in [9.17, 15) is 5.11 Å². The van der Waals surface area contributed by atoms with Gasteiger partial charge in [0.2, 0.25) is 0 Å². The first-order valence-electron chi connectivity index (χ1n) is 7.66. The van der Waals surface area contributed by atoms with E-state index in [0.29, 0.717) is 5.75 Å². The van der Waals surface area contributed by atoms with Crippen molar-refractivity contribution in [1.29, 1.82) is 0 Å². The highest BCUT2D eigenvalue weighted by Crippen LogP contribution is 2.26. The van der Waals surface area contributed by atoms with Crippen molar-refractivity contribution in [2.75, 3.05) is 14.1 Å². The van der Waals surface area contributed by atoms with Crippen LogP contribution in [0, 0.1) is 0 Å². The number of phenolic OH excluding ortho intramolecular Hbond substituents is 1. The Kier molecular flexibility index (Phi) is 5.45. The minimum absolute atomic E-state index is 0.188. The average Bonchev–Trinajstić information content (AvgIpc) is 2.45. The van der Waals surface area contributed by atoms with E-state index in [1.807, 2.05) is 38.1 Å². The summed E-state index contributed by atoms with van der Waals surface area (Å²) in [6.45, 7) is 4.05. The summed E-state index contributed by atoms with van der Waals surface area (Å²) in [6, 6.07) is 16.0. The van der Waals surface area contributed by atoms with E-state index < -0.39 is 0 Å². The fourth-order valence-corrected chi connectivity index (χ4v) is 2.53. The van der Waals surface area contributed by atoms with Gasteiger partial charge in [-0.05, 0) is 69.8 Å². The van der Waals surface area contributed by atoms with Crippen LogP contribution in [0.5, 0.6) is 11.5 Å². The van der Waals surface area contributed by atoms with Crippen LogP contribution >= 0.6 is 0 Å². The molecule has 2 rings (SSSR count). The molecule has 1 unspecified atom stereocenters. The van der Waals surface area contributed by atoms with Gasteiger partial charge >= 0.3 is 0 Å². The maximum atomic E-state index is 9.70. The van der Waals surface area contributed by atoms with Gasteiger partial charge in [-0.3, -0.25) is 0 Å². The van der Waals surface area contributed by atoms with E-state index in [0.717, 1.165) is 17.7 Å². The summed E-state index contributed by atoms with van der Waals surface area (Å²) in [7, 11) is 4.12. The molecule has 0 radical (unpaired) electrons. The zero-order valence-corrected chi connectivity index (χ0v) is 13.8. The van der Waals surface area contributed by atoms with E-state index in [4.69, 9.17) is 4.74 Å². The highest BCUT2D eigenvalue weighted by Gasteiger charge is 2.15. The standard InChI is InChI=1S/C19H25NO2/c1-14(2)22-18-10-8-15(9-11-18)12-19(20(3)4)16-6-5-7-17(21)13-16/h5-11,13-14,19,21H,12H2,1-4H3. The molecule has 0 aliphatic heterocycles. The first-order chi connectivity index (χ1) is 10.5. The highest BCUT2D eigenvalue weighted by atomic mass is 16.5. The van der Waals surface area contributed by atoms with Crippen LogP contribution in [0.25, 0.3) is 0 Å². The Morgan fingerprint density at radius 2 is 1.73 bits per heavy atom. The molecule has 0 amide bonds. The van der Waals surface area contributed by atoms with Crippen molar-refractivity contribution < 1.29 is 9.84 Å². The molecular formula is C19H25NO2. The molecule has 0 bridgehead atoms. The quantitative estimate of drug-likeness (QED) is 0.874. The first kappa shape index (κ1) is 16.4. The summed E-state index contributed by atoms with van der Waals surface area (Å²) < 4.78 is 5.68. The molecule has 0 aliphatic rings. The molecule has 22 heavy (non-hydrogen) atoms. The van der Waals surface area contributed by atoms with E-state index in [-0.39, 0.29) is 12.1 Å². The Hall–Kier alpha value is -2.00. The summed E-state index contributed by atoms with van der Waals surface area (Å²) in [5.41, 5.74) is 2.37. The molecule has 0 fully saturated rings. The van der Waals surface area contributed by atoms with Gasteiger partial charge in [-0.1, -0.05) is 24.3 Å². The van der Waals surface area contributed by atoms with Crippen molar-refractivity contribution in [3.63, 3.8) is 0 Å². The number of hydrogen-bond donors (Lipinski definition) is 1. The van der Waals surface area contributed by atoms with Gasteiger partial charge in [-0.15, -0.1) is 0 Å². The number of phenols is 1. The second-order valence-electron chi connectivity index (χ2n) is 6.09. The van der Waals surface area contributed by atoms with E-state index in [2.05, 4.69) is 37.2 Å². The molecule has 0 spiro atoms. The van der Waals surface area contributed by atoms with Crippen LogP contribution in [0.3, 0.4) is 0 Å². The molecule has 0 heterocycles. The average molecular weight is 299 g/mol. The Morgan fingerprint density at radius 3 is 2.27 bits per heavy atom. The number of nitrogens with zero attached hydrogens (tertiary/aromatic N) is 1. The van der Waals surface area contributed by atoms with Crippen LogP contribution in [0.4, 0.5) is 0 Å². The first-order valence-corrected chi connectivity index (χ1v) is 7.66. The normalized spacial score (nSPS) is 12.6. The zero-order chi connectivity index (χ0) is 16.1. The lowest BCUT2D eigenvalue weighted by atomic mass is 9.98. The third-order valence-corrected chi connectivity index (χ3v) is 3.60. The van der Waals surface area contributed by atoms with Crippen molar-refractivity contribution >= 4 is 0 Å². The van der Waals surface area contributed by atoms with Crippen molar-refractivity contribution in [3.8, 4) is 11.5 Å². The van der Waals surface area contributed by atoms with Gasteiger partial charge < -0.3 is 14.7 Å². The van der Waals surface area contributed by atoms with Gasteiger partial charge in [0.15, 0.2) is 0 Å². The summed E-state index contributed by atoms with van der Waals surface area (Å²) in [5, 5.41) is 9.70. The minimum Gasteiger partial charge on any atom is -0.508 e. The lowest BCUT2D eigenvalue weighted by molar-refractivity contribution is 0.242. The van der Waals surface area contributed by atoms with Gasteiger partial charge in [-0.25, -0.2) is 0 Å². The van der Waals surface area contributed by atoms with Crippen LogP contribution < -0.4 is 4.74 Å². The van der Waals surface area contributed by atoms with Gasteiger partial charge in [-0.2, -0.15) is 0 Å². The summed E-state index contributed by atoms with van der Waals surface area (Å²) in [5.74, 6) is 1.21. The predicted octanol–water partition coefficient (Wildman–Crippen LogP) is 4.02.